The van der Waals surface area contributed by atoms with Gasteiger partial charge in [0.1, 0.15) is 6.04 Å². The van der Waals surface area contributed by atoms with Crippen molar-refractivity contribution in [1.29, 1.82) is 0 Å². The van der Waals surface area contributed by atoms with Gasteiger partial charge in [0.05, 0.1) is 17.5 Å². The van der Waals surface area contributed by atoms with Crippen LogP contribution in [0.25, 0.3) is 0 Å². The standard InChI is InChI=1S/C19H20ClF3N2O3S/c1-4-16(18(26)24-15-9-6-13(7-10-15)19(21,22)23)25(29(3,27)28)17-11-14(20)8-5-12(17)2/h5-11,16H,4H2,1-3H3,(H,24,26)/t16-/m0/s1. The first kappa shape index (κ1) is 23.0. The van der Waals surface area contributed by atoms with E-state index in [4.69, 9.17) is 11.6 Å². The number of alkyl halides is 3. The Hall–Kier alpha value is -2.26. The fourth-order valence-corrected chi connectivity index (χ4v) is 4.25. The van der Waals surface area contributed by atoms with Gasteiger partial charge >= 0.3 is 6.18 Å². The van der Waals surface area contributed by atoms with E-state index in [1.165, 1.54) is 6.07 Å². The average Bonchev–Trinajstić information content (AvgIpc) is 2.60. The van der Waals surface area contributed by atoms with E-state index in [9.17, 15) is 26.4 Å². The third-order valence-electron chi connectivity index (χ3n) is 4.22. The molecule has 0 aliphatic rings. The zero-order valence-electron chi connectivity index (χ0n) is 15.9. The highest BCUT2D eigenvalue weighted by molar-refractivity contribution is 7.92. The van der Waals surface area contributed by atoms with Crippen molar-refractivity contribution in [1.82, 2.24) is 0 Å². The van der Waals surface area contributed by atoms with Gasteiger partial charge in [0.15, 0.2) is 0 Å². The number of hydrogen-bond donors (Lipinski definition) is 1. The number of aryl methyl sites for hydroxylation is 1. The van der Waals surface area contributed by atoms with Crippen molar-refractivity contribution in [3.63, 3.8) is 0 Å². The first-order valence-corrected chi connectivity index (χ1v) is 10.8. The van der Waals surface area contributed by atoms with E-state index in [2.05, 4.69) is 5.32 Å². The van der Waals surface area contributed by atoms with Crippen LogP contribution in [0.1, 0.15) is 24.5 Å². The monoisotopic (exact) mass is 448 g/mol. The zero-order chi connectivity index (χ0) is 22.0. The van der Waals surface area contributed by atoms with Crippen LogP contribution in [0.5, 0.6) is 0 Å². The summed E-state index contributed by atoms with van der Waals surface area (Å²) in [5.41, 5.74) is 0.127. The number of sulfonamides is 1. The smallest absolute Gasteiger partial charge is 0.324 e. The summed E-state index contributed by atoms with van der Waals surface area (Å²) in [6.45, 7) is 3.32. The van der Waals surface area contributed by atoms with Crippen molar-refractivity contribution >= 4 is 38.9 Å². The molecule has 5 nitrogen and oxygen atoms in total. The van der Waals surface area contributed by atoms with Crippen LogP contribution in [0.4, 0.5) is 24.5 Å². The van der Waals surface area contributed by atoms with Crippen LogP contribution in [0.3, 0.4) is 0 Å². The minimum atomic E-state index is -4.49. The highest BCUT2D eigenvalue weighted by Crippen LogP contribution is 2.31. The second kappa shape index (κ2) is 8.62. The molecule has 2 aromatic rings. The van der Waals surface area contributed by atoms with E-state index in [0.717, 1.165) is 34.8 Å². The second-order valence-corrected chi connectivity index (χ2v) is 8.77. The van der Waals surface area contributed by atoms with Crippen molar-refractivity contribution < 1.29 is 26.4 Å². The maximum absolute atomic E-state index is 12.8. The van der Waals surface area contributed by atoms with Crippen LogP contribution < -0.4 is 9.62 Å². The Morgan fingerprint density at radius 2 is 1.76 bits per heavy atom. The number of carbonyl (C=O) groups excluding carboxylic acids is 1. The first-order chi connectivity index (χ1) is 13.3. The number of carbonyl (C=O) groups is 1. The Bertz CT molecular complexity index is 993. The predicted molar refractivity (Wildman–Crippen MR) is 108 cm³/mol. The lowest BCUT2D eigenvalue weighted by molar-refractivity contribution is -0.137. The number of nitrogens with zero attached hydrogens (tertiary/aromatic N) is 1. The van der Waals surface area contributed by atoms with Crippen molar-refractivity contribution in [2.24, 2.45) is 0 Å². The summed E-state index contributed by atoms with van der Waals surface area (Å²) in [6, 6.07) is 7.47. The van der Waals surface area contributed by atoms with Crippen LogP contribution in [-0.2, 0) is 21.0 Å². The minimum absolute atomic E-state index is 0.123. The van der Waals surface area contributed by atoms with Crippen LogP contribution in [0.15, 0.2) is 42.5 Å². The van der Waals surface area contributed by atoms with Crippen LogP contribution in [0, 0.1) is 6.92 Å². The molecular formula is C19H20ClF3N2O3S. The molecule has 0 unspecified atom stereocenters. The van der Waals surface area contributed by atoms with Gasteiger partial charge in [-0.3, -0.25) is 9.10 Å². The Kier molecular flexibility index (Phi) is 6.85. The van der Waals surface area contributed by atoms with E-state index in [0.29, 0.717) is 10.6 Å². The molecule has 0 spiro atoms. The quantitative estimate of drug-likeness (QED) is 0.687. The lowest BCUT2D eigenvalue weighted by Crippen LogP contribution is -2.47. The van der Waals surface area contributed by atoms with Crippen molar-refractivity contribution in [3.05, 3.63) is 58.6 Å². The molecule has 0 saturated heterocycles. The van der Waals surface area contributed by atoms with Crippen LogP contribution in [-0.4, -0.2) is 26.6 Å². The predicted octanol–water partition coefficient (Wildman–Crippen LogP) is 4.85. The molecule has 10 heteroatoms. The fourth-order valence-electron chi connectivity index (χ4n) is 2.82. The third-order valence-corrected chi connectivity index (χ3v) is 5.62. The summed E-state index contributed by atoms with van der Waals surface area (Å²) in [7, 11) is -3.87. The Morgan fingerprint density at radius 1 is 1.17 bits per heavy atom. The van der Waals surface area contributed by atoms with Gasteiger partial charge in [-0.05, 0) is 55.3 Å². The fraction of sp³-hybridized carbons (Fsp3) is 0.316. The summed E-state index contributed by atoms with van der Waals surface area (Å²) in [5.74, 6) is -0.669. The molecule has 0 fully saturated rings. The summed E-state index contributed by atoms with van der Waals surface area (Å²) < 4.78 is 64.0. The van der Waals surface area contributed by atoms with Crippen molar-refractivity contribution in [2.75, 3.05) is 15.9 Å². The first-order valence-electron chi connectivity index (χ1n) is 8.58. The van der Waals surface area contributed by atoms with Crippen LogP contribution >= 0.6 is 11.6 Å². The summed E-state index contributed by atoms with van der Waals surface area (Å²) in [5, 5.41) is 2.79. The lowest BCUT2D eigenvalue weighted by atomic mass is 10.1. The van der Waals surface area contributed by atoms with Gasteiger partial charge < -0.3 is 5.32 Å². The average molecular weight is 449 g/mol. The third kappa shape index (κ3) is 5.63. The van der Waals surface area contributed by atoms with Gasteiger partial charge in [0.2, 0.25) is 15.9 Å². The molecule has 0 radical (unpaired) electrons. The Morgan fingerprint density at radius 3 is 2.24 bits per heavy atom. The molecule has 29 heavy (non-hydrogen) atoms. The molecule has 158 valence electrons. The Balaban J connectivity index is 2.37. The van der Waals surface area contributed by atoms with Gasteiger partial charge in [-0.2, -0.15) is 13.2 Å². The number of rotatable bonds is 6. The molecule has 2 aromatic carbocycles. The molecule has 0 heterocycles. The van der Waals surface area contributed by atoms with E-state index in [1.807, 2.05) is 0 Å². The number of benzene rings is 2. The minimum Gasteiger partial charge on any atom is -0.324 e. The maximum Gasteiger partial charge on any atom is 0.416 e. The van der Waals surface area contributed by atoms with Gasteiger partial charge in [-0.1, -0.05) is 24.6 Å². The highest BCUT2D eigenvalue weighted by atomic mass is 35.5. The van der Waals surface area contributed by atoms with Gasteiger partial charge in [-0.15, -0.1) is 0 Å². The topological polar surface area (TPSA) is 66.5 Å². The van der Waals surface area contributed by atoms with Crippen molar-refractivity contribution in [2.45, 2.75) is 32.5 Å². The number of halogens is 4. The largest absolute Gasteiger partial charge is 0.416 e. The van der Waals surface area contributed by atoms with Gasteiger partial charge in [-0.25, -0.2) is 8.42 Å². The highest BCUT2D eigenvalue weighted by Gasteiger charge is 2.33. The number of amides is 1. The SMILES string of the molecule is CC[C@@H](C(=O)Nc1ccc(C(F)(F)F)cc1)N(c1cc(Cl)ccc1C)S(C)(=O)=O. The number of nitrogens with one attached hydrogen (secondary N) is 1. The van der Waals surface area contributed by atoms with Crippen LogP contribution in [0.2, 0.25) is 5.02 Å². The van der Waals surface area contributed by atoms with Gasteiger partial charge in [0.25, 0.3) is 0 Å². The second-order valence-electron chi connectivity index (χ2n) is 6.48. The Labute approximate surface area is 172 Å². The summed E-state index contributed by atoms with van der Waals surface area (Å²) in [4.78, 5) is 12.8. The molecule has 0 aromatic heterocycles. The molecule has 2 rings (SSSR count). The molecule has 1 N–H and O–H groups in total. The lowest BCUT2D eigenvalue weighted by Gasteiger charge is -2.31. The van der Waals surface area contributed by atoms with E-state index < -0.39 is 33.7 Å². The number of hydrogen-bond acceptors (Lipinski definition) is 3. The molecule has 0 aliphatic heterocycles. The normalized spacial score (nSPS) is 13.1. The summed E-state index contributed by atoms with van der Waals surface area (Å²) in [6.07, 6.45) is -3.39. The summed E-state index contributed by atoms with van der Waals surface area (Å²) >= 11 is 6.01. The molecule has 0 aliphatic carbocycles. The van der Waals surface area contributed by atoms with E-state index in [-0.39, 0.29) is 17.8 Å². The molecule has 0 saturated carbocycles. The van der Waals surface area contributed by atoms with E-state index >= 15 is 0 Å². The maximum atomic E-state index is 12.8. The van der Waals surface area contributed by atoms with E-state index in [1.54, 1.807) is 26.0 Å². The molecule has 1 amide bonds. The molecular weight excluding hydrogens is 429 g/mol. The molecule has 1 atom stereocenters. The van der Waals surface area contributed by atoms with Gasteiger partial charge in [0, 0.05) is 10.7 Å². The zero-order valence-corrected chi connectivity index (χ0v) is 17.5. The van der Waals surface area contributed by atoms with Crippen molar-refractivity contribution in [3.8, 4) is 0 Å². The number of anilines is 2. The molecule has 0 bridgehead atoms.